The van der Waals surface area contributed by atoms with Crippen molar-refractivity contribution in [3.05, 3.63) is 28.1 Å². The van der Waals surface area contributed by atoms with Crippen molar-refractivity contribution in [2.24, 2.45) is 0 Å². The Morgan fingerprint density at radius 1 is 1.56 bits per heavy atom. The van der Waals surface area contributed by atoms with Gasteiger partial charge in [0.25, 0.3) is 0 Å². The zero-order chi connectivity index (χ0) is 12.3. The molecule has 0 bridgehead atoms. The minimum atomic E-state index is -1.03. The Kier molecular flexibility index (Phi) is 3.39. The van der Waals surface area contributed by atoms with Crippen molar-refractivity contribution in [1.82, 2.24) is 0 Å². The fourth-order valence-electron chi connectivity index (χ4n) is 1.14. The van der Waals surface area contributed by atoms with Crippen molar-refractivity contribution in [2.75, 3.05) is 12.4 Å². The van der Waals surface area contributed by atoms with Crippen LogP contribution in [-0.4, -0.2) is 17.9 Å². The lowest BCUT2D eigenvalue weighted by Gasteiger charge is -2.08. The van der Waals surface area contributed by atoms with E-state index in [1.165, 1.54) is 14.0 Å². The summed E-state index contributed by atoms with van der Waals surface area (Å²) in [4.78, 5) is 20.4. The van der Waals surface area contributed by atoms with E-state index in [0.717, 1.165) is 12.1 Å². The van der Waals surface area contributed by atoms with Gasteiger partial charge < -0.3 is 10.1 Å². The first-order chi connectivity index (χ1) is 7.45. The van der Waals surface area contributed by atoms with Crippen molar-refractivity contribution in [3.63, 3.8) is 0 Å². The summed E-state index contributed by atoms with van der Waals surface area (Å²) < 4.78 is 18.0. The van der Waals surface area contributed by atoms with Crippen molar-refractivity contribution in [1.29, 1.82) is 0 Å². The molecule has 1 aromatic carbocycles. The zero-order valence-electron chi connectivity index (χ0n) is 8.61. The van der Waals surface area contributed by atoms with Gasteiger partial charge in [-0.3, -0.25) is 14.9 Å². The molecule has 0 aliphatic rings. The molecule has 0 aliphatic heterocycles. The van der Waals surface area contributed by atoms with Crippen LogP contribution in [0.3, 0.4) is 0 Å². The first-order valence-electron chi connectivity index (χ1n) is 4.25. The van der Waals surface area contributed by atoms with Crippen LogP contribution in [0.1, 0.15) is 6.92 Å². The molecule has 0 aliphatic carbocycles. The number of amides is 1. The molecule has 0 radical (unpaired) electrons. The number of carbonyl (C=O) groups is 1. The lowest BCUT2D eigenvalue weighted by Crippen LogP contribution is -2.08. The highest BCUT2D eigenvalue weighted by Gasteiger charge is 2.19. The molecule has 0 fully saturated rings. The fraction of sp³-hybridized carbons (Fsp3) is 0.222. The lowest BCUT2D eigenvalue weighted by molar-refractivity contribution is -0.387. The number of anilines is 1. The smallest absolute Gasteiger partial charge is 0.308 e. The van der Waals surface area contributed by atoms with Crippen LogP contribution >= 0.6 is 0 Å². The molecule has 1 N–H and O–H groups in total. The average molecular weight is 228 g/mol. The largest absolute Gasteiger partial charge is 0.494 e. The van der Waals surface area contributed by atoms with Crippen LogP contribution in [0.2, 0.25) is 0 Å². The molecule has 0 unspecified atom stereocenters. The summed E-state index contributed by atoms with van der Waals surface area (Å²) in [6, 6.07) is 1.76. The van der Waals surface area contributed by atoms with Crippen LogP contribution in [-0.2, 0) is 4.79 Å². The second-order valence-corrected chi connectivity index (χ2v) is 2.94. The van der Waals surface area contributed by atoms with Gasteiger partial charge >= 0.3 is 5.69 Å². The maximum absolute atomic E-state index is 13.2. The maximum Gasteiger partial charge on any atom is 0.308 e. The topological polar surface area (TPSA) is 81.5 Å². The summed E-state index contributed by atoms with van der Waals surface area (Å²) in [5.41, 5.74) is -0.649. The molecule has 1 rings (SSSR count). The number of nitro groups is 1. The third kappa shape index (κ3) is 2.44. The number of carbonyl (C=O) groups excluding carboxylic acids is 1. The number of nitrogens with zero attached hydrogens (tertiary/aromatic N) is 1. The molecule has 16 heavy (non-hydrogen) atoms. The van der Waals surface area contributed by atoms with Gasteiger partial charge in [-0.2, -0.15) is 4.39 Å². The second kappa shape index (κ2) is 4.56. The Morgan fingerprint density at radius 3 is 2.62 bits per heavy atom. The Morgan fingerprint density at radius 2 is 2.19 bits per heavy atom. The van der Waals surface area contributed by atoms with Crippen LogP contribution < -0.4 is 10.1 Å². The first kappa shape index (κ1) is 11.9. The summed E-state index contributed by atoms with van der Waals surface area (Å²) in [6.45, 7) is 1.23. The number of hydrogen-bond acceptors (Lipinski definition) is 4. The third-order valence-electron chi connectivity index (χ3n) is 1.78. The van der Waals surface area contributed by atoms with Gasteiger partial charge in [-0.1, -0.05) is 0 Å². The minimum Gasteiger partial charge on any atom is -0.494 e. The summed E-state index contributed by atoms with van der Waals surface area (Å²) in [5, 5.41) is 12.8. The van der Waals surface area contributed by atoms with E-state index in [2.05, 4.69) is 5.32 Å². The molecule has 7 heteroatoms. The van der Waals surface area contributed by atoms with Gasteiger partial charge in [0.05, 0.1) is 23.8 Å². The fourth-order valence-corrected chi connectivity index (χ4v) is 1.14. The number of nitrogens with one attached hydrogen (secondary N) is 1. The van der Waals surface area contributed by atoms with Crippen molar-refractivity contribution >= 4 is 17.3 Å². The monoisotopic (exact) mass is 228 g/mol. The normalized spacial score (nSPS) is 9.69. The third-order valence-corrected chi connectivity index (χ3v) is 1.78. The standard InChI is InChI=1S/C9H9FN2O4/c1-5(13)11-7-3-6(10)8(12(14)15)4-9(7)16-2/h3-4H,1-2H3,(H,11,13). The van der Waals surface area contributed by atoms with Gasteiger partial charge in [-0.25, -0.2) is 0 Å². The highest BCUT2D eigenvalue weighted by molar-refractivity contribution is 5.90. The number of methoxy groups -OCH3 is 1. The minimum absolute atomic E-state index is 0.0308. The number of benzene rings is 1. The molecule has 86 valence electrons. The van der Waals surface area contributed by atoms with E-state index in [9.17, 15) is 19.3 Å². The Hall–Kier alpha value is -2.18. The van der Waals surface area contributed by atoms with Crippen molar-refractivity contribution in [2.45, 2.75) is 6.92 Å². The van der Waals surface area contributed by atoms with E-state index in [-0.39, 0.29) is 11.4 Å². The molecule has 1 aromatic rings. The van der Waals surface area contributed by atoms with E-state index in [1.807, 2.05) is 0 Å². The molecule has 0 atom stereocenters. The van der Waals surface area contributed by atoms with Crippen LogP contribution in [0.25, 0.3) is 0 Å². The lowest BCUT2D eigenvalue weighted by atomic mass is 10.2. The second-order valence-electron chi connectivity index (χ2n) is 2.94. The van der Waals surface area contributed by atoms with E-state index in [0.29, 0.717) is 0 Å². The van der Waals surface area contributed by atoms with Gasteiger partial charge in [0.1, 0.15) is 5.75 Å². The summed E-state index contributed by atoms with van der Waals surface area (Å²) >= 11 is 0. The highest BCUT2D eigenvalue weighted by atomic mass is 19.1. The summed E-state index contributed by atoms with van der Waals surface area (Å²) in [6.07, 6.45) is 0. The molecule has 0 saturated heterocycles. The van der Waals surface area contributed by atoms with Gasteiger partial charge in [0.15, 0.2) is 0 Å². The van der Waals surface area contributed by atoms with Gasteiger partial charge in [-0.05, 0) is 0 Å². The van der Waals surface area contributed by atoms with E-state index in [1.54, 1.807) is 0 Å². The van der Waals surface area contributed by atoms with Crippen LogP contribution in [0.5, 0.6) is 5.75 Å². The van der Waals surface area contributed by atoms with Gasteiger partial charge in [-0.15, -0.1) is 0 Å². The predicted molar refractivity (Wildman–Crippen MR) is 53.9 cm³/mol. The molecular weight excluding hydrogens is 219 g/mol. The number of rotatable bonds is 3. The van der Waals surface area contributed by atoms with Crippen molar-refractivity contribution in [3.8, 4) is 5.75 Å². The zero-order valence-corrected chi connectivity index (χ0v) is 8.61. The van der Waals surface area contributed by atoms with Crippen LogP contribution in [0.4, 0.5) is 15.8 Å². The van der Waals surface area contributed by atoms with Crippen LogP contribution in [0, 0.1) is 15.9 Å². The van der Waals surface area contributed by atoms with Crippen LogP contribution in [0.15, 0.2) is 12.1 Å². The van der Waals surface area contributed by atoms with E-state index in [4.69, 9.17) is 4.74 Å². The molecule has 0 saturated carbocycles. The predicted octanol–water partition coefficient (Wildman–Crippen LogP) is 1.70. The molecule has 6 nitrogen and oxygen atoms in total. The molecule has 0 spiro atoms. The summed E-state index contributed by atoms with van der Waals surface area (Å²) in [5.74, 6) is -1.43. The number of ether oxygens (including phenoxy) is 1. The maximum atomic E-state index is 13.2. The molecular formula is C9H9FN2O4. The van der Waals surface area contributed by atoms with Gasteiger partial charge in [0, 0.05) is 13.0 Å². The molecule has 0 heterocycles. The highest BCUT2D eigenvalue weighted by Crippen LogP contribution is 2.31. The Bertz CT molecular complexity index is 447. The summed E-state index contributed by atoms with van der Waals surface area (Å²) in [7, 11) is 1.27. The van der Waals surface area contributed by atoms with E-state index >= 15 is 0 Å². The number of halogens is 1. The Labute approximate surface area is 90.2 Å². The molecule has 0 aromatic heterocycles. The number of hydrogen-bond donors (Lipinski definition) is 1. The van der Waals surface area contributed by atoms with Crippen molar-refractivity contribution < 1.29 is 18.8 Å². The average Bonchev–Trinajstić information content (AvgIpc) is 2.16. The SMILES string of the molecule is COc1cc([N+](=O)[O-])c(F)cc1NC(C)=O. The molecule has 1 amide bonds. The first-order valence-corrected chi connectivity index (χ1v) is 4.25. The number of nitro benzene ring substituents is 1. The van der Waals surface area contributed by atoms with E-state index < -0.39 is 22.3 Å². The quantitative estimate of drug-likeness (QED) is 0.630. The van der Waals surface area contributed by atoms with Gasteiger partial charge in [0.2, 0.25) is 11.7 Å². The Balaban J connectivity index is 3.26.